The van der Waals surface area contributed by atoms with Gasteiger partial charge in [0.05, 0.1) is 6.21 Å². The van der Waals surface area contributed by atoms with Crippen LogP contribution >= 0.6 is 11.6 Å². The zero-order valence-corrected chi connectivity index (χ0v) is 18.5. The Balaban J connectivity index is 1.95. The van der Waals surface area contributed by atoms with E-state index >= 15 is 0 Å². The summed E-state index contributed by atoms with van der Waals surface area (Å²) in [5, 5.41) is 8.04. The van der Waals surface area contributed by atoms with E-state index in [1.165, 1.54) is 5.56 Å². The van der Waals surface area contributed by atoms with Crippen LogP contribution in [0, 0.1) is 6.92 Å². The summed E-state index contributed by atoms with van der Waals surface area (Å²) in [6.45, 7) is 10.2. The summed E-state index contributed by atoms with van der Waals surface area (Å²) in [5.41, 5.74) is 7.89. The quantitative estimate of drug-likeness (QED) is 0.403. The Bertz CT molecular complexity index is 885. The highest BCUT2D eigenvalue weighted by atomic mass is 35.5. The lowest BCUT2D eigenvalue weighted by Crippen LogP contribution is -2.37. The van der Waals surface area contributed by atoms with Gasteiger partial charge in [0.1, 0.15) is 6.04 Å². The third kappa shape index (κ3) is 7.06. The van der Waals surface area contributed by atoms with Crippen LogP contribution < -0.4 is 10.7 Å². The molecule has 0 saturated carbocycles. The fourth-order valence-corrected chi connectivity index (χ4v) is 3.11. The molecule has 1 atom stereocenters. The van der Waals surface area contributed by atoms with Crippen LogP contribution in [0.1, 0.15) is 56.7 Å². The fourth-order valence-electron chi connectivity index (χ4n) is 2.88. The van der Waals surface area contributed by atoms with Crippen molar-refractivity contribution in [3.8, 4) is 0 Å². The van der Waals surface area contributed by atoms with E-state index < -0.39 is 0 Å². The third-order valence-electron chi connectivity index (χ3n) is 4.68. The Morgan fingerprint density at radius 3 is 2.45 bits per heavy atom. The molecule has 0 radical (unpaired) electrons. The first kappa shape index (κ1) is 22.7. The normalized spacial score (nSPS) is 13.0. The molecule has 0 unspecified atom stereocenters. The lowest BCUT2D eigenvalue weighted by atomic mass is 10.0. The minimum Gasteiger partial charge on any atom is -0.373 e. The molecule has 0 saturated heterocycles. The predicted octanol–water partition coefficient (Wildman–Crippen LogP) is 6.17. The topological polar surface area (TPSA) is 53.5 Å². The lowest BCUT2D eigenvalue weighted by Gasteiger charge is -2.18. The standard InChI is InChI=1S/C24H30ClN3O/c1-6-22(27-23-12-11-21(25)14-18(23)5)24(29)28-26-15-17(4)13-19-7-9-20(10-8-19)16(2)3/h7-16,22,27H,6H2,1-5H3,(H,28,29)/b17-13-,26-15+/t22-/m1/s1. The number of hydrogen-bond acceptors (Lipinski definition) is 3. The number of benzene rings is 2. The van der Waals surface area contributed by atoms with Crippen LogP contribution in [0.25, 0.3) is 6.08 Å². The summed E-state index contributed by atoms with van der Waals surface area (Å²) in [6.07, 6.45) is 4.33. The molecule has 1 amide bonds. The molecule has 2 aromatic rings. The molecule has 0 bridgehead atoms. The maximum atomic E-state index is 12.5. The monoisotopic (exact) mass is 411 g/mol. The molecule has 0 fully saturated rings. The van der Waals surface area contributed by atoms with Crippen molar-refractivity contribution in [3.05, 3.63) is 69.8 Å². The minimum atomic E-state index is -0.375. The molecule has 29 heavy (non-hydrogen) atoms. The summed E-state index contributed by atoms with van der Waals surface area (Å²) in [4.78, 5) is 12.5. The van der Waals surface area contributed by atoms with Crippen LogP contribution in [0.2, 0.25) is 5.02 Å². The van der Waals surface area contributed by atoms with Gasteiger partial charge in [-0.3, -0.25) is 4.79 Å². The number of anilines is 1. The number of amides is 1. The van der Waals surface area contributed by atoms with Crippen LogP contribution in [-0.2, 0) is 4.79 Å². The van der Waals surface area contributed by atoms with E-state index in [0.29, 0.717) is 17.4 Å². The second-order valence-electron chi connectivity index (χ2n) is 7.51. The number of halogens is 1. The highest BCUT2D eigenvalue weighted by Crippen LogP contribution is 2.21. The Hall–Kier alpha value is -2.59. The first-order chi connectivity index (χ1) is 13.8. The number of rotatable bonds is 8. The zero-order valence-electron chi connectivity index (χ0n) is 17.8. The molecule has 0 aliphatic carbocycles. The first-order valence-electron chi connectivity index (χ1n) is 9.94. The largest absolute Gasteiger partial charge is 0.373 e. The summed E-state index contributed by atoms with van der Waals surface area (Å²) < 4.78 is 0. The van der Waals surface area contributed by atoms with E-state index in [4.69, 9.17) is 11.6 Å². The highest BCUT2D eigenvalue weighted by molar-refractivity contribution is 6.30. The maximum absolute atomic E-state index is 12.5. The van der Waals surface area contributed by atoms with E-state index in [1.54, 1.807) is 6.21 Å². The van der Waals surface area contributed by atoms with Crippen molar-refractivity contribution in [1.82, 2.24) is 5.43 Å². The van der Waals surface area contributed by atoms with Gasteiger partial charge >= 0.3 is 0 Å². The van der Waals surface area contributed by atoms with Crippen molar-refractivity contribution in [2.45, 2.75) is 53.0 Å². The number of nitrogens with one attached hydrogen (secondary N) is 2. The van der Waals surface area contributed by atoms with Gasteiger partial charge in [0.15, 0.2) is 0 Å². The summed E-state index contributed by atoms with van der Waals surface area (Å²) >= 11 is 6.00. The van der Waals surface area contributed by atoms with Gasteiger partial charge in [-0.15, -0.1) is 0 Å². The van der Waals surface area contributed by atoms with Crippen molar-refractivity contribution in [1.29, 1.82) is 0 Å². The van der Waals surface area contributed by atoms with Gasteiger partial charge in [0.25, 0.3) is 5.91 Å². The van der Waals surface area contributed by atoms with Gasteiger partial charge in [0, 0.05) is 10.7 Å². The smallest absolute Gasteiger partial charge is 0.262 e. The maximum Gasteiger partial charge on any atom is 0.262 e. The molecule has 0 heterocycles. The van der Waals surface area contributed by atoms with Crippen LogP contribution in [0.4, 0.5) is 5.69 Å². The number of allylic oxidation sites excluding steroid dienone is 1. The third-order valence-corrected chi connectivity index (χ3v) is 4.92. The van der Waals surface area contributed by atoms with Crippen LogP contribution in [0.15, 0.2) is 53.1 Å². The second kappa shape index (κ2) is 10.8. The average Bonchev–Trinajstić information content (AvgIpc) is 2.67. The highest BCUT2D eigenvalue weighted by Gasteiger charge is 2.16. The Morgan fingerprint density at radius 2 is 1.86 bits per heavy atom. The Morgan fingerprint density at radius 1 is 1.17 bits per heavy atom. The van der Waals surface area contributed by atoms with Crippen LogP contribution in [0.3, 0.4) is 0 Å². The Labute approximate surface area is 179 Å². The van der Waals surface area contributed by atoms with Crippen molar-refractivity contribution in [2.75, 3.05) is 5.32 Å². The van der Waals surface area contributed by atoms with E-state index in [0.717, 1.165) is 22.4 Å². The molecule has 2 N–H and O–H groups in total. The molecule has 2 aromatic carbocycles. The summed E-state index contributed by atoms with van der Waals surface area (Å²) in [7, 11) is 0. The van der Waals surface area contributed by atoms with Crippen LogP contribution in [-0.4, -0.2) is 18.2 Å². The molecular formula is C24H30ClN3O. The predicted molar refractivity (Wildman–Crippen MR) is 125 cm³/mol. The van der Waals surface area contributed by atoms with E-state index in [-0.39, 0.29) is 11.9 Å². The number of hydrogen-bond donors (Lipinski definition) is 2. The van der Waals surface area contributed by atoms with Crippen molar-refractivity contribution < 1.29 is 4.79 Å². The number of hydrazone groups is 1. The number of carbonyl (C=O) groups excluding carboxylic acids is 1. The van der Waals surface area contributed by atoms with Gasteiger partial charge in [-0.2, -0.15) is 5.10 Å². The van der Waals surface area contributed by atoms with E-state index in [1.807, 2.05) is 45.0 Å². The number of aryl methyl sites for hydroxylation is 1. The molecule has 4 nitrogen and oxygen atoms in total. The van der Waals surface area contributed by atoms with Gasteiger partial charge in [-0.25, -0.2) is 5.43 Å². The van der Waals surface area contributed by atoms with Gasteiger partial charge in [-0.1, -0.05) is 62.7 Å². The van der Waals surface area contributed by atoms with E-state index in [9.17, 15) is 4.79 Å². The fraction of sp³-hybridized carbons (Fsp3) is 0.333. The van der Waals surface area contributed by atoms with Gasteiger partial charge < -0.3 is 5.32 Å². The van der Waals surface area contributed by atoms with E-state index in [2.05, 4.69) is 54.0 Å². The molecule has 0 aromatic heterocycles. The lowest BCUT2D eigenvalue weighted by molar-refractivity contribution is -0.121. The molecule has 0 aliphatic heterocycles. The number of carbonyl (C=O) groups is 1. The van der Waals surface area contributed by atoms with Crippen LogP contribution in [0.5, 0.6) is 0 Å². The molecule has 0 spiro atoms. The van der Waals surface area contributed by atoms with Crippen molar-refractivity contribution >= 4 is 35.5 Å². The van der Waals surface area contributed by atoms with Gasteiger partial charge in [0.2, 0.25) is 0 Å². The second-order valence-corrected chi connectivity index (χ2v) is 7.94. The molecule has 0 aliphatic rings. The minimum absolute atomic E-state index is 0.174. The van der Waals surface area contributed by atoms with Crippen molar-refractivity contribution in [3.63, 3.8) is 0 Å². The molecule has 5 heteroatoms. The number of nitrogens with zero attached hydrogens (tertiary/aromatic N) is 1. The molecular weight excluding hydrogens is 382 g/mol. The van der Waals surface area contributed by atoms with Crippen molar-refractivity contribution in [2.24, 2.45) is 5.10 Å². The first-order valence-corrected chi connectivity index (χ1v) is 10.3. The Kier molecular flexibility index (Phi) is 8.47. The van der Waals surface area contributed by atoms with Gasteiger partial charge in [-0.05, 0) is 66.6 Å². The average molecular weight is 412 g/mol. The molecule has 154 valence electrons. The zero-order chi connectivity index (χ0) is 21.4. The molecule has 2 rings (SSSR count). The summed E-state index contributed by atoms with van der Waals surface area (Å²) in [5.74, 6) is 0.342. The summed E-state index contributed by atoms with van der Waals surface area (Å²) in [6, 6.07) is 13.6. The SMILES string of the molecule is CC[C@@H](Nc1ccc(Cl)cc1C)C(=O)N/N=C/C(C)=C\c1ccc(C(C)C)cc1.